The van der Waals surface area contributed by atoms with Crippen LogP contribution in [0.5, 0.6) is 5.75 Å². The van der Waals surface area contributed by atoms with Gasteiger partial charge in [-0.3, -0.25) is 0 Å². The first-order valence-electron chi connectivity index (χ1n) is 15.2. The number of aliphatic hydroxyl groups is 1. The molecule has 1 aliphatic heterocycles. The third kappa shape index (κ3) is 11.2. The molecule has 4 rings (SSSR count). The summed E-state index contributed by atoms with van der Waals surface area (Å²) in [6, 6.07) is 17.8. The van der Waals surface area contributed by atoms with E-state index in [0.717, 1.165) is 28.0 Å². The minimum Gasteiger partial charge on any atom is -0.478 e. The fraction of sp³-hybridized carbons (Fsp3) is 0.389. The van der Waals surface area contributed by atoms with Gasteiger partial charge in [-0.2, -0.15) is 0 Å². The molecule has 12 heteroatoms. The number of hydrogen-bond acceptors (Lipinski definition) is 10. The largest absolute Gasteiger partial charge is 0.478 e. The van der Waals surface area contributed by atoms with Crippen molar-refractivity contribution in [2.75, 3.05) is 6.54 Å². The summed E-state index contributed by atoms with van der Waals surface area (Å²) >= 11 is 0. The molecule has 12 nitrogen and oxygen atoms in total. The topological polar surface area (TPSA) is 178 Å². The molecule has 48 heavy (non-hydrogen) atoms. The highest BCUT2D eigenvalue weighted by Gasteiger charge is 2.41. The summed E-state index contributed by atoms with van der Waals surface area (Å²) in [6.07, 6.45) is -4.98. The first kappa shape index (κ1) is 37.7. The predicted molar refractivity (Wildman–Crippen MR) is 175 cm³/mol. The lowest BCUT2D eigenvalue weighted by Gasteiger charge is -2.33. The molecule has 0 saturated carbocycles. The van der Waals surface area contributed by atoms with Crippen LogP contribution < -0.4 is 10.1 Å². The van der Waals surface area contributed by atoms with E-state index < -0.39 is 48.0 Å². The Kier molecular flexibility index (Phi) is 12.5. The molecule has 0 aliphatic carbocycles. The van der Waals surface area contributed by atoms with Gasteiger partial charge in [0.15, 0.2) is 0 Å². The van der Waals surface area contributed by atoms with E-state index in [2.05, 4.69) is 26.1 Å². The molecule has 0 fully saturated rings. The molecule has 3 aromatic carbocycles. The van der Waals surface area contributed by atoms with Gasteiger partial charge in [0, 0.05) is 31.5 Å². The molecular formula is C36H43NO11. The van der Waals surface area contributed by atoms with Gasteiger partial charge in [0.05, 0.1) is 23.8 Å². The number of hydrogen-bond donors (Lipinski definition) is 4. The van der Waals surface area contributed by atoms with E-state index in [-0.39, 0.29) is 16.7 Å². The molecule has 3 aromatic rings. The van der Waals surface area contributed by atoms with Crippen LogP contribution in [0.3, 0.4) is 0 Å². The average Bonchev–Trinajstić information content (AvgIpc) is 3.01. The standard InChI is InChI=1S/C20H18O8.C16H25NO3/c1-11-3-7-13(8-4-11)19(25)27-15(17(21)22)16(18(23)24)28-20(26)14-9-5-12(2)6-10-14;1-15(2,3)17-9-13(18)11-6-7-14-12(8-11)10-19-16(4,5)20-14/h3-10,15-16H,1-2H3,(H,21,22)(H,23,24);6-8,13,17-18H,9-10H2,1-5H3/t15-,16-;13-/m11/s1. The van der Waals surface area contributed by atoms with Crippen LogP contribution in [0.2, 0.25) is 0 Å². The van der Waals surface area contributed by atoms with Gasteiger partial charge in [0.25, 0.3) is 0 Å². The summed E-state index contributed by atoms with van der Waals surface area (Å²) in [5.41, 5.74) is 3.65. The maximum absolute atomic E-state index is 12.2. The van der Waals surface area contributed by atoms with E-state index >= 15 is 0 Å². The number of carboxylic acid groups (broad SMARTS) is 2. The lowest BCUT2D eigenvalue weighted by Crippen LogP contribution is -2.45. The maximum atomic E-state index is 12.2. The van der Waals surface area contributed by atoms with Gasteiger partial charge in [0.2, 0.25) is 18.0 Å². The maximum Gasteiger partial charge on any atom is 0.349 e. The number of esters is 2. The Hall–Kier alpha value is -4.78. The third-order valence-corrected chi connectivity index (χ3v) is 7.03. The minimum atomic E-state index is -2.22. The molecule has 1 aliphatic rings. The molecule has 1 heterocycles. The number of nitrogens with one attached hydrogen (secondary N) is 1. The third-order valence-electron chi connectivity index (χ3n) is 7.03. The van der Waals surface area contributed by atoms with Gasteiger partial charge >= 0.3 is 23.9 Å². The van der Waals surface area contributed by atoms with Crippen molar-refractivity contribution in [3.8, 4) is 5.75 Å². The number of fused-ring (bicyclic) bond motifs is 1. The second-order valence-electron chi connectivity index (χ2n) is 12.9. The van der Waals surface area contributed by atoms with Crippen molar-refractivity contribution in [3.05, 3.63) is 100 Å². The molecule has 4 N–H and O–H groups in total. The van der Waals surface area contributed by atoms with Crippen molar-refractivity contribution in [1.82, 2.24) is 5.32 Å². The van der Waals surface area contributed by atoms with Crippen LogP contribution in [0.1, 0.15) is 83.7 Å². The van der Waals surface area contributed by atoms with Crippen LogP contribution in [0.4, 0.5) is 0 Å². The molecule has 0 spiro atoms. The number of aliphatic carboxylic acids is 2. The van der Waals surface area contributed by atoms with Crippen molar-refractivity contribution >= 4 is 23.9 Å². The highest BCUT2D eigenvalue weighted by molar-refractivity contribution is 5.95. The fourth-order valence-electron chi connectivity index (χ4n) is 4.31. The summed E-state index contributed by atoms with van der Waals surface area (Å²) in [6.45, 7) is 14.6. The number of carbonyl (C=O) groups excluding carboxylic acids is 2. The number of rotatable bonds is 10. The minimum absolute atomic E-state index is 0.00850. The normalized spacial score (nSPS) is 15.2. The fourth-order valence-corrected chi connectivity index (χ4v) is 4.31. The van der Waals surface area contributed by atoms with Gasteiger partial charge in [0.1, 0.15) is 5.75 Å². The smallest absolute Gasteiger partial charge is 0.349 e. The van der Waals surface area contributed by atoms with Gasteiger partial charge in [-0.15, -0.1) is 0 Å². The number of β-amino-alcohol motifs (C(OH)–C–C–N with tert-alkyl or cyclic N) is 1. The van der Waals surface area contributed by atoms with E-state index in [1.807, 2.05) is 32.0 Å². The summed E-state index contributed by atoms with van der Waals surface area (Å²) in [4.78, 5) is 47.3. The zero-order valence-corrected chi connectivity index (χ0v) is 28.1. The van der Waals surface area contributed by atoms with Crippen LogP contribution in [-0.2, 0) is 30.4 Å². The molecule has 3 atom stereocenters. The van der Waals surface area contributed by atoms with Crippen LogP contribution >= 0.6 is 0 Å². The van der Waals surface area contributed by atoms with Crippen molar-refractivity contribution < 1.29 is 53.4 Å². The molecule has 0 saturated heterocycles. The van der Waals surface area contributed by atoms with Gasteiger partial charge < -0.3 is 39.6 Å². The quantitative estimate of drug-likeness (QED) is 0.214. The van der Waals surface area contributed by atoms with Crippen molar-refractivity contribution in [1.29, 1.82) is 0 Å². The van der Waals surface area contributed by atoms with E-state index in [1.54, 1.807) is 38.1 Å². The lowest BCUT2D eigenvalue weighted by atomic mass is 10.0. The average molecular weight is 666 g/mol. The second-order valence-corrected chi connectivity index (χ2v) is 12.9. The summed E-state index contributed by atoms with van der Waals surface area (Å²) in [7, 11) is 0. The van der Waals surface area contributed by atoms with Gasteiger partial charge in [-0.25, -0.2) is 19.2 Å². The van der Waals surface area contributed by atoms with Crippen LogP contribution in [0.15, 0.2) is 66.7 Å². The predicted octanol–water partition coefficient (Wildman–Crippen LogP) is 4.98. The lowest BCUT2D eigenvalue weighted by molar-refractivity contribution is -0.180. The van der Waals surface area contributed by atoms with E-state index in [4.69, 9.17) is 18.9 Å². The highest BCUT2D eigenvalue weighted by Crippen LogP contribution is 2.33. The molecule has 0 unspecified atom stereocenters. The molecular weight excluding hydrogens is 622 g/mol. The highest BCUT2D eigenvalue weighted by atomic mass is 16.7. The number of carbonyl (C=O) groups is 4. The number of aryl methyl sites for hydroxylation is 2. The van der Waals surface area contributed by atoms with Crippen LogP contribution in [0, 0.1) is 13.8 Å². The molecule has 0 aromatic heterocycles. The molecule has 258 valence electrons. The van der Waals surface area contributed by atoms with Crippen LogP contribution in [-0.4, -0.2) is 69.3 Å². The summed E-state index contributed by atoms with van der Waals surface area (Å²) in [5, 5.41) is 32.2. The Morgan fingerprint density at radius 1 is 0.812 bits per heavy atom. The number of carboxylic acids is 2. The first-order chi connectivity index (χ1) is 22.3. The first-order valence-corrected chi connectivity index (χ1v) is 15.2. The molecule has 0 amide bonds. The summed E-state index contributed by atoms with van der Waals surface area (Å²) in [5.74, 6) is -5.37. The Morgan fingerprint density at radius 2 is 1.27 bits per heavy atom. The molecule has 0 bridgehead atoms. The van der Waals surface area contributed by atoms with E-state index in [1.165, 1.54) is 24.3 Å². The Bertz CT molecular complexity index is 1520. The Balaban J connectivity index is 0.000000275. The Morgan fingerprint density at radius 3 is 1.69 bits per heavy atom. The van der Waals surface area contributed by atoms with Crippen molar-refractivity contribution in [2.24, 2.45) is 0 Å². The van der Waals surface area contributed by atoms with Gasteiger partial charge in [-0.05, 0) is 76.6 Å². The van der Waals surface area contributed by atoms with Gasteiger partial charge in [-0.1, -0.05) is 41.5 Å². The number of benzene rings is 3. The van der Waals surface area contributed by atoms with Crippen molar-refractivity contribution in [3.63, 3.8) is 0 Å². The zero-order valence-electron chi connectivity index (χ0n) is 28.1. The zero-order chi connectivity index (χ0) is 35.8. The summed E-state index contributed by atoms with van der Waals surface area (Å²) < 4.78 is 21.0. The van der Waals surface area contributed by atoms with Crippen LogP contribution in [0.25, 0.3) is 0 Å². The monoisotopic (exact) mass is 665 g/mol. The van der Waals surface area contributed by atoms with E-state index in [0.29, 0.717) is 13.2 Å². The number of ether oxygens (including phenoxy) is 4. The second kappa shape index (κ2) is 15.9. The Labute approximate surface area is 279 Å². The van der Waals surface area contributed by atoms with E-state index in [9.17, 15) is 34.5 Å². The number of aliphatic hydroxyl groups excluding tert-OH is 1. The SMILES string of the molecule is CC(C)(C)NC[C@@H](O)c1ccc2c(c1)COC(C)(C)O2.Cc1ccc(C(=O)O[C@@H](C(=O)O)[C@@H](OC(=O)c2ccc(C)cc2)C(=O)O)cc1. The van der Waals surface area contributed by atoms with Crippen molar-refractivity contribution in [2.45, 2.75) is 84.7 Å². The molecule has 0 radical (unpaired) electrons.